The lowest BCUT2D eigenvalue weighted by atomic mass is 10.0. The number of hydrogen-bond acceptors (Lipinski definition) is 4. The number of methoxy groups -OCH3 is 1. The minimum atomic E-state index is -2.71. The van der Waals surface area contributed by atoms with Crippen molar-refractivity contribution in [3.8, 4) is 0 Å². The van der Waals surface area contributed by atoms with E-state index in [1.54, 1.807) is 6.92 Å². The van der Waals surface area contributed by atoms with E-state index in [1.807, 2.05) is 0 Å². The third kappa shape index (κ3) is 2.97. The molecule has 1 aromatic rings. The summed E-state index contributed by atoms with van der Waals surface area (Å²) in [5, 5.41) is 0. The average molecular weight is 244 g/mol. The predicted molar refractivity (Wildman–Crippen MR) is 57.5 cm³/mol. The van der Waals surface area contributed by atoms with Gasteiger partial charge in [-0.3, -0.25) is 9.78 Å². The normalized spacial score (nSPS) is 10.7. The molecule has 0 aromatic carbocycles. The lowest BCUT2D eigenvalue weighted by Gasteiger charge is -2.14. The number of pyridine rings is 1. The summed E-state index contributed by atoms with van der Waals surface area (Å²) in [5.41, 5.74) is 6.15. The lowest BCUT2D eigenvalue weighted by Crippen LogP contribution is -2.14. The second-order valence-corrected chi connectivity index (χ2v) is 3.54. The Morgan fingerprint density at radius 3 is 2.71 bits per heavy atom. The molecule has 0 aliphatic heterocycles. The maximum atomic E-state index is 13.0. The van der Waals surface area contributed by atoms with E-state index >= 15 is 0 Å². The smallest absolute Gasteiger partial charge is 0.311 e. The predicted octanol–water partition coefficient (Wildman–Crippen LogP) is 1.50. The van der Waals surface area contributed by atoms with Gasteiger partial charge in [-0.2, -0.15) is 0 Å². The SMILES string of the molecule is COC(=O)Cc1ncc(C)c(CN)c1C(F)F. The van der Waals surface area contributed by atoms with Crippen molar-refractivity contribution in [1.82, 2.24) is 4.98 Å². The Balaban J connectivity index is 3.25. The first-order valence-corrected chi connectivity index (χ1v) is 5.03. The highest BCUT2D eigenvalue weighted by atomic mass is 19.3. The molecule has 0 radical (unpaired) electrons. The number of rotatable bonds is 4. The highest BCUT2D eigenvalue weighted by Crippen LogP contribution is 2.27. The number of esters is 1. The van der Waals surface area contributed by atoms with Gasteiger partial charge in [0.25, 0.3) is 6.43 Å². The van der Waals surface area contributed by atoms with Gasteiger partial charge in [0.15, 0.2) is 0 Å². The van der Waals surface area contributed by atoms with Crippen molar-refractivity contribution in [2.75, 3.05) is 7.11 Å². The summed E-state index contributed by atoms with van der Waals surface area (Å²) >= 11 is 0. The Morgan fingerprint density at radius 1 is 1.59 bits per heavy atom. The van der Waals surface area contributed by atoms with E-state index in [0.717, 1.165) is 0 Å². The van der Waals surface area contributed by atoms with Crippen LogP contribution in [0.25, 0.3) is 0 Å². The van der Waals surface area contributed by atoms with E-state index in [4.69, 9.17) is 5.73 Å². The molecule has 0 saturated heterocycles. The Labute approximate surface area is 97.8 Å². The number of halogens is 2. The molecule has 0 bridgehead atoms. The molecule has 4 nitrogen and oxygen atoms in total. The Kier molecular flexibility index (Phi) is 4.51. The molecule has 0 aliphatic rings. The summed E-state index contributed by atoms with van der Waals surface area (Å²) in [6.45, 7) is 1.64. The van der Waals surface area contributed by atoms with E-state index in [-0.39, 0.29) is 24.2 Å². The van der Waals surface area contributed by atoms with Crippen molar-refractivity contribution in [3.05, 3.63) is 28.6 Å². The zero-order valence-corrected chi connectivity index (χ0v) is 9.67. The zero-order valence-electron chi connectivity index (χ0n) is 9.67. The van der Waals surface area contributed by atoms with Crippen LogP contribution in [-0.2, 0) is 22.5 Å². The van der Waals surface area contributed by atoms with Crippen LogP contribution in [-0.4, -0.2) is 18.1 Å². The van der Waals surface area contributed by atoms with Gasteiger partial charge in [-0.15, -0.1) is 0 Å². The van der Waals surface area contributed by atoms with Crippen molar-refractivity contribution in [3.63, 3.8) is 0 Å². The monoisotopic (exact) mass is 244 g/mol. The molecule has 6 heteroatoms. The van der Waals surface area contributed by atoms with Crippen LogP contribution >= 0.6 is 0 Å². The van der Waals surface area contributed by atoms with Gasteiger partial charge in [0.2, 0.25) is 0 Å². The summed E-state index contributed by atoms with van der Waals surface area (Å²) in [5.74, 6) is -0.605. The van der Waals surface area contributed by atoms with E-state index < -0.39 is 12.4 Å². The molecule has 1 aromatic heterocycles. The summed E-state index contributed by atoms with van der Waals surface area (Å²) < 4.78 is 30.4. The van der Waals surface area contributed by atoms with Gasteiger partial charge in [0.05, 0.1) is 19.2 Å². The Morgan fingerprint density at radius 2 is 2.24 bits per heavy atom. The van der Waals surface area contributed by atoms with Crippen LogP contribution in [0.1, 0.15) is 28.8 Å². The van der Waals surface area contributed by atoms with Gasteiger partial charge in [-0.05, 0) is 18.1 Å². The fraction of sp³-hybridized carbons (Fsp3) is 0.455. The number of carbonyl (C=O) groups is 1. The summed E-state index contributed by atoms with van der Waals surface area (Å²) in [6.07, 6.45) is -1.55. The quantitative estimate of drug-likeness (QED) is 0.815. The van der Waals surface area contributed by atoms with Crippen molar-refractivity contribution in [2.45, 2.75) is 26.3 Å². The average Bonchev–Trinajstić information content (AvgIpc) is 2.30. The van der Waals surface area contributed by atoms with Gasteiger partial charge < -0.3 is 10.5 Å². The number of aromatic nitrogens is 1. The first kappa shape index (κ1) is 13.5. The molecule has 0 saturated carbocycles. The van der Waals surface area contributed by atoms with Crippen molar-refractivity contribution in [1.29, 1.82) is 0 Å². The standard InChI is InChI=1S/C11H14F2N2O2/c1-6-5-15-8(3-9(16)17-2)10(11(12)13)7(6)4-14/h5,11H,3-4,14H2,1-2H3. The third-order valence-electron chi connectivity index (χ3n) is 2.49. The van der Waals surface area contributed by atoms with Crippen LogP contribution in [0.5, 0.6) is 0 Å². The molecule has 2 N–H and O–H groups in total. The largest absolute Gasteiger partial charge is 0.469 e. The minimum Gasteiger partial charge on any atom is -0.469 e. The second-order valence-electron chi connectivity index (χ2n) is 3.54. The fourth-order valence-electron chi connectivity index (χ4n) is 1.59. The van der Waals surface area contributed by atoms with Crippen LogP contribution in [0.4, 0.5) is 8.78 Å². The fourth-order valence-corrected chi connectivity index (χ4v) is 1.59. The van der Waals surface area contributed by atoms with Gasteiger partial charge in [-0.25, -0.2) is 8.78 Å². The second kappa shape index (κ2) is 5.67. The Hall–Kier alpha value is -1.56. The lowest BCUT2D eigenvalue weighted by molar-refractivity contribution is -0.139. The van der Waals surface area contributed by atoms with Crippen LogP contribution in [0.15, 0.2) is 6.20 Å². The maximum absolute atomic E-state index is 13.0. The molecule has 1 rings (SSSR count). The van der Waals surface area contributed by atoms with Crippen molar-refractivity contribution in [2.24, 2.45) is 5.73 Å². The summed E-state index contributed by atoms with van der Waals surface area (Å²) in [7, 11) is 1.20. The first-order valence-electron chi connectivity index (χ1n) is 5.03. The molecule has 17 heavy (non-hydrogen) atoms. The number of aryl methyl sites for hydroxylation is 1. The van der Waals surface area contributed by atoms with Gasteiger partial charge in [0, 0.05) is 18.3 Å². The molecule has 0 aliphatic carbocycles. The topological polar surface area (TPSA) is 65.2 Å². The van der Waals surface area contributed by atoms with E-state index in [9.17, 15) is 13.6 Å². The molecule has 1 heterocycles. The van der Waals surface area contributed by atoms with Gasteiger partial charge in [0.1, 0.15) is 0 Å². The van der Waals surface area contributed by atoms with Crippen LogP contribution < -0.4 is 5.73 Å². The minimum absolute atomic E-state index is 0.0117. The first-order chi connectivity index (χ1) is 8.01. The zero-order chi connectivity index (χ0) is 13.0. The van der Waals surface area contributed by atoms with E-state index in [1.165, 1.54) is 13.3 Å². The highest BCUT2D eigenvalue weighted by Gasteiger charge is 2.21. The highest BCUT2D eigenvalue weighted by molar-refractivity contribution is 5.72. The molecular formula is C11H14F2N2O2. The van der Waals surface area contributed by atoms with Crippen LogP contribution in [0.2, 0.25) is 0 Å². The van der Waals surface area contributed by atoms with Gasteiger partial charge in [-0.1, -0.05) is 0 Å². The van der Waals surface area contributed by atoms with Crippen LogP contribution in [0.3, 0.4) is 0 Å². The number of alkyl halides is 2. The van der Waals surface area contributed by atoms with Gasteiger partial charge >= 0.3 is 5.97 Å². The van der Waals surface area contributed by atoms with E-state index in [2.05, 4.69) is 9.72 Å². The molecule has 0 unspecified atom stereocenters. The molecule has 0 spiro atoms. The number of hydrogen-bond donors (Lipinski definition) is 1. The van der Waals surface area contributed by atoms with E-state index in [0.29, 0.717) is 11.1 Å². The number of carbonyl (C=O) groups excluding carboxylic acids is 1. The molecule has 0 amide bonds. The van der Waals surface area contributed by atoms with Crippen LogP contribution in [0, 0.1) is 6.92 Å². The third-order valence-corrected chi connectivity index (χ3v) is 2.49. The molecule has 94 valence electrons. The Bertz CT molecular complexity index is 422. The summed E-state index contributed by atoms with van der Waals surface area (Å²) in [4.78, 5) is 15.0. The summed E-state index contributed by atoms with van der Waals surface area (Å²) in [6, 6.07) is 0. The number of nitrogens with zero attached hydrogens (tertiary/aromatic N) is 1. The number of ether oxygens (including phenoxy) is 1. The molecule has 0 fully saturated rings. The van der Waals surface area contributed by atoms with Crippen molar-refractivity contribution >= 4 is 5.97 Å². The maximum Gasteiger partial charge on any atom is 0.311 e. The molecular weight excluding hydrogens is 230 g/mol. The number of nitrogens with two attached hydrogens (primary N) is 1. The molecule has 0 atom stereocenters. The van der Waals surface area contributed by atoms with Crippen molar-refractivity contribution < 1.29 is 18.3 Å².